The first kappa shape index (κ1) is 13.4. The zero-order valence-electron chi connectivity index (χ0n) is 11.3. The molecule has 5 heteroatoms. The normalized spacial score (nSPS) is 17.7. The SMILES string of the molecule is COC(=O)CCc1ccc2c(c1)OC(C)C(=O)N2C. The van der Waals surface area contributed by atoms with Crippen LogP contribution in [0.5, 0.6) is 5.75 Å². The largest absolute Gasteiger partial charge is 0.479 e. The number of ether oxygens (including phenoxy) is 2. The van der Waals surface area contributed by atoms with Crippen molar-refractivity contribution in [2.75, 3.05) is 19.1 Å². The molecule has 1 aromatic carbocycles. The Morgan fingerprint density at radius 3 is 2.89 bits per heavy atom. The number of aryl methyl sites for hydroxylation is 1. The summed E-state index contributed by atoms with van der Waals surface area (Å²) in [6, 6.07) is 5.61. The van der Waals surface area contributed by atoms with Gasteiger partial charge in [0, 0.05) is 13.5 Å². The fourth-order valence-corrected chi connectivity index (χ4v) is 2.07. The first-order chi connectivity index (χ1) is 9.02. The first-order valence-electron chi connectivity index (χ1n) is 6.17. The molecule has 0 aromatic heterocycles. The highest BCUT2D eigenvalue weighted by atomic mass is 16.5. The third kappa shape index (κ3) is 2.70. The molecule has 1 aliphatic rings. The molecular formula is C14H17NO4. The molecule has 1 aliphatic heterocycles. The Balaban J connectivity index is 2.17. The van der Waals surface area contributed by atoms with E-state index in [0.29, 0.717) is 18.6 Å². The lowest BCUT2D eigenvalue weighted by atomic mass is 10.1. The minimum absolute atomic E-state index is 0.0604. The quantitative estimate of drug-likeness (QED) is 0.776. The molecule has 2 rings (SSSR count). The summed E-state index contributed by atoms with van der Waals surface area (Å²) in [6.45, 7) is 1.73. The summed E-state index contributed by atoms with van der Waals surface area (Å²) in [6.07, 6.45) is 0.447. The van der Waals surface area contributed by atoms with E-state index < -0.39 is 6.10 Å². The third-order valence-electron chi connectivity index (χ3n) is 3.21. The molecule has 102 valence electrons. The van der Waals surface area contributed by atoms with Crippen LogP contribution >= 0.6 is 0 Å². The monoisotopic (exact) mass is 263 g/mol. The van der Waals surface area contributed by atoms with Gasteiger partial charge in [-0.2, -0.15) is 0 Å². The van der Waals surface area contributed by atoms with Crippen molar-refractivity contribution in [3.05, 3.63) is 23.8 Å². The summed E-state index contributed by atoms with van der Waals surface area (Å²) in [4.78, 5) is 24.5. The van der Waals surface area contributed by atoms with Gasteiger partial charge in [-0.15, -0.1) is 0 Å². The molecular weight excluding hydrogens is 246 g/mol. The van der Waals surface area contributed by atoms with Crippen molar-refractivity contribution in [3.63, 3.8) is 0 Å². The molecule has 0 spiro atoms. The van der Waals surface area contributed by atoms with Crippen molar-refractivity contribution in [2.45, 2.75) is 25.9 Å². The van der Waals surface area contributed by atoms with Gasteiger partial charge in [0.25, 0.3) is 5.91 Å². The van der Waals surface area contributed by atoms with Gasteiger partial charge < -0.3 is 14.4 Å². The van der Waals surface area contributed by atoms with Gasteiger partial charge in [-0.25, -0.2) is 0 Å². The van der Waals surface area contributed by atoms with Crippen LogP contribution in [0, 0.1) is 0 Å². The Bertz CT molecular complexity index is 512. The van der Waals surface area contributed by atoms with E-state index in [1.807, 2.05) is 18.2 Å². The highest BCUT2D eigenvalue weighted by molar-refractivity contribution is 5.99. The van der Waals surface area contributed by atoms with Crippen molar-refractivity contribution in [2.24, 2.45) is 0 Å². The van der Waals surface area contributed by atoms with Gasteiger partial charge >= 0.3 is 5.97 Å². The third-order valence-corrected chi connectivity index (χ3v) is 3.21. The van der Waals surface area contributed by atoms with Crippen molar-refractivity contribution in [1.29, 1.82) is 0 Å². The topological polar surface area (TPSA) is 55.8 Å². The molecule has 0 saturated carbocycles. The van der Waals surface area contributed by atoms with Crippen LogP contribution in [0.2, 0.25) is 0 Å². The lowest BCUT2D eigenvalue weighted by molar-refractivity contribution is -0.140. The number of anilines is 1. The minimum atomic E-state index is -0.478. The van der Waals surface area contributed by atoms with E-state index in [1.165, 1.54) is 7.11 Å². The second-order valence-corrected chi connectivity index (χ2v) is 4.54. The van der Waals surface area contributed by atoms with Crippen LogP contribution in [-0.4, -0.2) is 32.1 Å². The molecule has 1 atom stereocenters. The van der Waals surface area contributed by atoms with E-state index in [-0.39, 0.29) is 11.9 Å². The summed E-state index contributed by atoms with van der Waals surface area (Å²) in [7, 11) is 3.11. The molecule has 19 heavy (non-hydrogen) atoms. The Morgan fingerprint density at radius 1 is 1.47 bits per heavy atom. The van der Waals surface area contributed by atoms with E-state index in [0.717, 1.165) is 11.3 Å². The smallest absolute Gasteiger partial charge is 0.305 e. The molecule has 1 heterocycles. The number of methoxy groups -OCH3 is 1. The van der Waals surface area contributed by atoms with Crippen LogP contribution < -0.4 is 9.64 Å². The molecule has 0 N–H and O–H groups in total. The first-order valence-corrected chi connectivity index (χ1v) is 6.17. The lowest BCUT2D eigenvalue weighted by Crippen LogP contribution is -2.41. The summed E-state index contributed by atoms with van der Waals surface area (Å²) >= 11 is 0. The Hall–Kier alpha value is -2.04. The maximum absolute atomic E-state index is 11.8. The molecule has 1 unspecified atom stereocenters. The van der Waals surface area contributed by atoms with E-state index in [1.54, 1.807) is 18.9 Å². The molecule has 5 nitrogen and oxygen atoms in total. The summed E-state index contributed by atoms with van der Waals surface area (Å²) in [5.74, 6) is 0.381. The molecule has 1 amide bonds. The number of carbonyl (C=O) groups excluding carboxylic acids is 2. The summed E-state index contributed by atoms with van der Waals surface area (Å²) in [5.41, 5.74) is 1.74. The fraction of sp³-hybridized carbons (Fsp3) is 0.429. The van der Waals surface area contributed by atoms with Gasteiger partial charge in [0.05, 0.1) is 12.8 Å². The second-order valence-electron chi connectivity index (χ2n) is 4.54. The molecule has 0 fully saturated rings. The number of nitrogens with zero attached hydrogens (tertiary/aromatic N) is 1. The van der Waals surface area contributed by atoms with Gasteiger partial charge in [0.2, 0.25) is 0 Å². The maximum atomic E-state index is 11.8. The number of rotatable bonds is 3. The number of fused-ring (bicyclic) bond motifs is 1. The van der Waals surface area contributed by atoms with Gasteiger partial charge in [0.1, 0.15) is 5.75 Å². The maximum Gasteiger partial charge on any atom is 0.305 e. The average molecular weight is 263 g/mol. The molecule has 1 aromatic rings. The Kier molecular flexibility index (Phi) is 3.74. The van der Waals surface area contributed by atoms with Crippen LogP contribution in [0.25, 0.3) is 0 Å². The van der Waals surface area contributed by atoms with E-state index in [4.69, 9.17) is 4.74 Å². The summed E-state index contributed by atoms with van der Waals surface area (Å²) in [5, 5.41) is 0. The van der Waals surface area contributed by atoms with Crippen LogP contribution in [0.15, 0.2) is 18.2 Å². The van der Waals surface area contributed by atoms with E-state index in [9.17, 15) is 9.59 Å². The van der Waals surface area contributed by atoms with Crippen molar-refractivity contribution < 1.29 is 19.1 Å². The Morgan fingerprint density at radius 2 is 2.21 bits per heavy atom. The molecule has 0 saturated heterocycles. The average Bonchev–Trinajstić information content (AvgIpc) is 2.42. The van der Waals surface area contributed by atoms with Crippen LogP contribution in [-0.2, 0) is 20.7 Å². The minimum Gasteiger partial charge on any atom is -0.479 e. The highest BCUT2D eigenvalue weighted by Crippen LogP contribution is 2.34. The van der Waals surface area contributed by atoms with Crippen molar-refractivity contribution in [3.8, 4) is 5.75 Å². The number of hydrogen-bond acceptors (Lipinski definition) is 4. The van der Waals surface area contributed by atoms with Crippen LogP contribution in [0.1, 0.15) is 18.9 Å². The zero-order chi connectivity index (χ0) is 14.0. The van der Waals surface area contributed by atoms with Gasteiger partial charge in [-0.1, -0.05) is 6.07 Å². The second kappa shape index (κ2) is 5.30. The Labute approximate surface area is 112 Å². The van der Waals surface area contributed by atoms with Crippen molar-refractivity contribution in [1.82, 2.24) is 0 Å². The number of amides is 1. The predicted octanol–water partition coefficient (Wildman–Crippen LogP) is 1.54. The number of benzene rings is 1. The lowest BCUT2D eigenvalue weighted by Gasteiger charge is -2.30. The molecule has 0 aliphatic carbocycles. The highest BCUT2D eigenvalue weighted by Gasteiger charge is 2.28. The number of likely N-dealkylation sites (N-methyl/N-ethyl adjacent to an activating group) is 1. The van der Waals surface area contributed by atoms with Gasteiger partial charge in [-0.05, 0) is 31.0 Å². The van der Waals surface area contributed by atoms with Gasteiger partial charge in [-0.3, -0.25) is 9.59 Å². The standard InChI is InChI=1S/C14H17NO4/c1-9-14(17)15(2)11-6-4-10(8-12(11)19-9)5-7-13(16)18-3/h4,6,8-9H,5,7H2,1-3H3. The molecule has 0 bridgehead atoms. The number of hydrogen-bond donors (Lipinski definition) is 0. The fourth-order valence-electron chi connectivity index (χ4n) is 2.07. The van der Waals surface area contributed by atoms with Gasteiger partial charge in [0.15, 0.2) is 6.10 Å². The van der Waals surface area contributed by atoms with Crippen LogP contribution in [0.4, 0.5) is 5.69 Å². The summed E-state index contributed by atoms with van der Waals surface area (Å²) < 4.78 is 10.2. The molecule has 0 radical (unpaired) electrons. The number of esters is 1. The van der Waals surface area contributed by atoms with Crippen molar-refractivity contribution >= 4 is 17.6 Å². The van der Waals surface area contributed by atoms with Crippen LogP contribution in [0.3, 0.4) is 0 Å². The number of carbonyl (C=O) groups is 2. The predicted molar refractivity (Wildman–Crippen MR) is 70.3 cm³/mol. The van der Waals surface area contributed by atoms with E-state index >= 15 is 0 Å². The van der Waals surface area contributed by atoms with E-state index in [2.05, 4.69) is 4.74 Å². The zero-order valence-corrected chi connectivity index (χ0v) is 11.3.